The average Bonchev–Trinajstić information content (AvgIpc) is 2.97. The van der Waals surface area contributed by atoms with E-state index in [1.165, 1.54) is 38.3 Å². The summed E-state index contributed by atoms with van der Waals surface area (Å²) in [7, 11) is 0. The van der Waals surface area contributed by atoms with Crippen LogP contribution in [0.1, 0.15) is 0 Å². The first kappa shape index (κ1) is 12.5. The van der Waals surface area contributed by atoms with Gasteiger partial charge < -0.3 is 4.57 Å². The summed E-state index contributed by atoms with van der Waals surface area (Å²) in [6.45, 7) is 0. The zero-order valence-electron chi connectivity index (χ0n) is 12.5. The van der Waals surface area contributed by atoms with Gasteiger partial charge in [0.1, 0.15) is 0 Å². The molecule has 1 aromatic heterocycles. The minimum absolute atomic E-state index is 1.19. The number of hydrogen-bond acceptors (Lipinski definition) is 0. The summed E-state index contributed by atoms with van der Waals surface area (Å²) < 4.78 is 2.36. The minimum atomic E-state index is 1.19. The number of rotatable bonds is 1. The van der Waals surface area contributed by atoms with Crippen molar-refractivity contribution in [3.05, 3.63) is 91.0 Å². The van der Waals surface area contributed by atoms with E-state index >= 15 is 0 Å². The topological polar surface area (TPSA) is 4.93 Å². The molecule has 0 saturated heterocycles. The molecule has 0 aliphatic rings. The Hall–Kier alpha value is -3.06. The molecular formula is C22H14N. The summed E-state index contributed by atoms with van der Waals surface area (Å²) >= 11 is 0. The van der Waals surface area contributed by atoms with Crippen molar-refractivity contribution < 1.29 is 0 Å². The van der Waals surface area contributed by atoms with Gasteiger partial charge in [-0.05, 0) is 35.7 Å². The van der Waals surface area contributed by atoms with Crippen LogP contribution in [0.3, 0.4) is 0 Å². The number of hydrogen-bond donors (Lipinski definition) is 0. The molecule has 0 aliphatic heterocycles. The van der Waals surface area contributed by atoms with Crippen LogP contribution in [0.4, 0.5) is 0 Å². The second-order valence-electron chi connectivity index (χ2n) is 5.80. The predicted molar refractivity (Wildman–Crippen MR) is 97.1 cm³/mol. The summed E-state index contributed by atoms with van der Waals surface area (Å²) in [4.78, 5) is 0. The van der Waals surface area contributed by atoms with Crippen LogP contribution >= 0.6 is 0 Å². The molecule has 0 fully saturated rings. The molecule has 1 nitrogen and oxygen atoms in total. The highest BCUT2D eigenvalue weighted by atomic mass is 15.0. The Morgan fingerprint density at radius 2 is 1.48 bits per heavy atom. The summed E-state index contributed by atoms with van der Waals surface area (Å²) in [5, 5.41) is 5.07. The largest absolute Gasteiger partial charge is 0.309 e. The maximum Gasteiger partial charge on any atom is 0.0619 e. The van der Waals surface area contributed by atoms with Gasteiger partial charge in [-0.3, -0.25) is 0 Å². The van der Waals surface area contributed by atoms with Gasteiger partial charge in [-0.1, -0.05) is 60.7 Å². The fraction of sp³-hybridized carbons (Fsp3) is 0. The highest BCUT2D eigenvalue weighted by Crippen LogP contribution is 2.36. The number of nitrogens with zero attached hydrogens (tertiary/aromatic N) is 1. The second kappa shape index (κ2) is 4.72. The van der Waals surface area contributed by atoms with Crippen LogP contribution in [0, 0.1) is 6.07 Å². The Bertz CT molecular complexity index is 1150. The molecule has 0 atom stereocenters. The molecule has 107 valence electrons. The quantitative estimate of drug-likeness (QED) is 0.371. The molecule has 0 amide bonds. The molecule has 5 rings (SSSR count). The van der Waals surface area contributed by atoms with E-state index in [0.29, 0.717) is 0 Å². The highest BCUT2D eigenvalue weighted by Gasteiger charge is 2.13. The fourth-order valence-electron chi connectivity index (χ4n) is 3.51. The van der Waals surface area contributed by atoms with Crippen molar-refractivity contribution in [2.75, 3.05) is 0 Å². The molecule has 0 spiro atoms. The van der Waals surface area contributed by atoms with Crippen molar-refractivity contribution in [2.45, 2.75) is 0 Å². The zero-order valence-corrected chi connectivity index (χ0v) is 12.5. The lowest BCUT2D eigenvalue weighted by molar-refractivity contribution is 1.19. The minimum Gasteiger partial charge on any atom is -0.309 e. The smallest absolute Gasteiger partial charge is 0.0619 e. The van der Waals surface area contributed by atoms with Crippen LogP contribution < -0.4 is 0 Å². The van der Waals surface area contributed by atoms with Crippen LogP contribution in [0.2, 0.25) is 0 Å². The Morgan fingerprint density at radius 1 is 0.652 bits per heavy atom. The first-order chi connectivity index (χ1) is 11.4. The van der Waals surface area contributed by atoms with E-state index in [9.17, 15) is 0 Å². The molecule has 1 heterocycles. The van der Waals surface area contributed by atoms with Gasteiger partial charge in [0.2, 0.25) is 0 Å². The van der Waals surface area contributed by atoms with Gasteiger partial charge in [0.15, 0.2) is 0 Å². The number of para-hydroxylation sites is 1. The predicted octanol–water partition coefficient (Wildman–Crippen LogP) is 5.74. The van der Waals surface area contributed by atoms with Crippen LogP contribution in [0.15, 0.2) is 84.9 Å². The lowest BCUT2D eigenvalue weighted by atomic mass is 10.1. The molecular weight excluding hydrogens is 278 g/mol. The van der Waals surface area contributed by atoms with Crippen molar-refractivity contribution >= 4 is 32.6 Å². The number of aromatic nitrogens is 1. The van der Waals surface area contributed by atoms with Gasteiger partial charge >= 0.3 is 0 Å². The van der Waals surface area contributed by atoms with E-state index in [1.807, 2.05) is 6.07 Å². The second-order valence-corrected chi connectivity index (χ2v) is 5.80. The summed E-state index contributed by atoms with van der Waals surface area (Å²) in [5.41, 5.74) is 3.68. The Labute approximate surface area is 134 Å². The number of benzene rings is 4. The van der Waals surface area contributed by atoms with Gasteiger partial charge in [0, 0.05) is 21.8 Å². The molecule has 0 unspecified atom stereocenters. The van der Waals surface area contributed by atoms with E-state index in [4.69, 9.17) is 0 Å². The van der Waals surface area contributed by atoms with E-state index < -0.39 is 0 Å². The third-order valence-corrected chi connectivity index (χ3v) is 4.51. The van der Waals surface area contributed by atoms with E-state index in [-0.39, 0.29) is 0 Å². The molecule has 0 saturated carbocycles. The lowest BCUT2D eigenvalue weighted by Crippen LogP contribution is -1.93. The van der Waals surface area contributed by atoms with Crippen molar-refractivity contribution in [3.8, 4) is 5.69 Å². The van der Waals surface area contributed by atoms with E-state index in [2.05, 4.69) is 89.5 Å². The maximum absolute atomic E-state index is 3.23. The molecule has 4 aromatic carbocycles. The van der Waals surface area contributed by atoms with Gasteiger partial charge in [0.25, 0.3) is 0 Å². The average molecular weight is 292 g/mol. The molecule has 23 heavy (non-hydrogen) atoms. The number of fused-ring (bicyclic) bond motifs is 5. The van der Waals surface area contributed by atoms with Crippen molar-refractivity contribution in [3.63, 3.8) is 0 Å². The van der Waals surface area contributed by atoms with Crippen molar-refractivity contribution in [2.24, 2.45) is 0 Å². The standard InChI is InChI=1S/C22H14N/c1-2-9-17(10-3-1)23-21-13-7-6-12-19(21)20-15-14-16-8-4-5-11-18(16)22(20)23/h1-5,7-15H. The van der Waals surface area contributed by atoms with E-state index in [0.717, 1.165) is 0 Å². The Kier molecular flexibility index (Phi) is 2.56. The van der Waals surface area contributed by atoms with Gasteiger partial charge in [-0.15, -0.1) is 0 Å². The van der Waals surface area contributed by atoms with E-state index in [1.54, 1.807) is 0 Å². The van der Waals surface area contributed by atoms with Crippen LogP contribution in [-0.2, 0) is 0 Å². The third kappa shape index (κ3) is 1.74. The van der Waals surface area contributed by atoms with Crippen LogP contribution in [-0.4, -0.2) is 4.57 Å². The molecule has 1 radical (unpaired) electrons. The Balaban J connectivity index is 2.10. The van der Waals surface area contributed by atoms with Gasteiger partial charge in [0.05, 0.1) is 11.0 Å². The van der Waals surface area contributed by atoms with Crippen LogP contribution in [0.25, 0.3) is 38.3 Å². The monoisotopic (exact) mass is 292 g/mol. The molecule has 0 bridgehead atoms. The van der Waals surface area contributed by atoms with Gasteiger partial charge in [-0.2, -0.15) is 0 Å². The first-order valence-electron chi connectivity index (χ1n) is 7.81. The maximum atomic E-state index is 3.23. The van der Waals surface area contributed by atoms with Gasteiger partial charge in [-0.25, -0.2) is 0 Å². The van der Waals surface area contributed by atoms with Crippen LogP contribution in [0.5, 0.6) is 0 Å². The van der Waals surface area contributed by atoms with Crippen molar-refractivity contribution in [1.29, 1.82) is 0 Å². The normalized spacial score (nSPS) is 11.5. The van der Waals surface area contributed by atoms with Crippen molar-refractivity contribution in [1.82, 2.24) is 4.57 Å². The Morgan fingerprint density at radius 3 is 2.39 bits per heavy atom. The molecule has 1 heteroatoms. The summed E-state index contributed by atoms with van der Waals surface area (Å²) in [6.07, 6.45) is 0. The highest BCUT2D eigenvalue weighted by molar-refractivity contribution is 6.18. The lowest BCUT2D eigenvalue weighted by Gasteiger charge is -2.09. The fourth-order valence-corrected chi connectivity index (χ4v) is 3.51. The molecule has 0 aliphatic carbocycles. The summed E-state index contributed by atoms with van der Waals surface area (Å²) in [5.74, 6) is 0. The third-order valence-electron chi connectivity index (χ3n) is 4.51. The summed E-state index contributed by atoms with van der Waals surface area (Å²) in [6, 6.07) is 33.0. The first-order valence-corrected chi connectivity index (χ1v) is 7.81. The SMILES string of the molecule is [c]1ccc2c(c1)c1ccc3ccccc3c1n2-c1ccccc1. The molecule has 0 N–H and O–H groups in total. The zero-order chi connectivity index (χ0) is 15.2. The molecule has 5 aromatic rings.